The van der Waals surface area contributed by atoms with Crippen LogP contribution in [0.2, 0.25) is 0 Å². The topological polar surface area (TPSA) is 42.8 Å². The Balaban J connectivity index is 2.29. The van der Waals surface area contributed by atoms with Gasteiger partial charge >= 0.3 is 6.18 Å². The summed E-state index contributed by atoms with van der Waals surface area (Å²) in [5, 5.41) is 3.28. The molecule has 0 saturated carbocycles. The second kappa shape index (κ2) is 11.0. The van der Waals surface area contributed by atoms with E-state index in [1.165, 1.54) is 13.2 Å². The number of aliphatic imine (C=N–C) groups is 1. The Morgan fingerprint density at radius 1 is 1.31 bits per heavy atom. The highest BCUT2D eigenvalue weighted by molar-refractivity contribution is 5.88. The third kappa shape index (κ3) is 6.63. The molecule has 1 N–H and O–H groups in total. The van der Waals surface area contributed by atoms with Gasteiger partial charge in [0.25, 0.3) is 0 Å². The molecule has 1 heterocycles. The van der Waals surface area contributed by atoms with Crippen molar-refractivity contribution in [2.45, 2.75) is 51.7 Å². The number of hydrogen-bond donors (Lipinski definition) is 1. The van der Waals surface area contributed by atoms with Crippen molar-refractivity contribution in [1.82, 2.24) is 5.32 Å². The Labute approximate surface area is 170 Å². The van der Waals surface area contributed by atoms with Gasteiger partial charge in [0.1, 0.15) is 12.4 Å². The van der Waals surface area contributed by atoms with Crippen LogP contribution in [0, 0.1) is 0 Å². The van der Waals surface area contributed by atoms with Gasteiger partial charge in [0, 0.05) is 5.56 Å². The number of alkyl halides is 3. The molecule has 7 heteroatoms. The molecule has 0 spiro atoms. The van der Waals surface area contributed by atoms with Gasteiger partial charge in [0.2, 0.25) is 5.90 Å². The van der Waals surface area contributed by atoms with Gasteiger partial charge in [0.05, 0.1) is 24.4 Å². The van der Waals surface area contributed by atoms with Crippen molar-refractivity contribution in [3.8, 4) is 5.75 Å². The first-order chi connectivity index (χ1) is 13.9. The van der Waals surface area contributed by atoms with E-state index < -0.39 is 11.7 Å². The molecule has 1 aromatic carbocycles. The van der Waals surface area contributed by atoms with Gasteiger partial charge in [-0.15, -0.1) is 0 Å². The van der Waals surface area contributed by atoms with Gasteiger partial charge in [-0.1, -0.05) is 31.6 Å². The summed E-state index contributed by atoms with van der Waals surface area (Å²) in [4.78, 5) is 4.49. The predicted octanol–water partition coefficient (Wildman–Crippen LogP) is 5.60. The van der Waals surface area contributed by atoms with Crippen LogP contribution in [0.3, 0.4) is 0 Å². The Hall–Kier alpha value is -2.28. The van der Waals surface area contributed by atoms with Crippen molar-refractivity contribution in [1.29, 1.82) is 0 Å². The van der Waals surface area contributed by atoms with E-state index in [1.54, 1.807) is 25.1 Å². The molecule has 2 rings (SSSR count). The maximum absolute atomic E-state index is 13.6. The quantitative estimate of drug-likeness (QED) is 0.345. The maximum Gasteiger partial charge on any atom is 0.419 e. The van der Waals surface area contributed by atoms with Crippen molar-refractivity contribution < 1.29 is 22.6 Å². The average Bonchev–Trinajstić information content (AvgIpc) is 3.23. The fourth-order valence-corrected chi connectivity index (χ4v) is 3.10. The SMILES string of the molecule is C/C=C(\N=C(/OC)C1CCCN1)c1ccc(OC/C=C/CCC)c(C(F)(F)F)c1. The molecular formula is C22H29F3N2O2. The van der Waals surface area contributed by atoms with Crippen molar-refractivity contribution in [2.24, 2.45) is 4.99 Å². The van der Waals surface area contributed by atoms with Crippen LogP contribution in [-0.2, 0) is 10.9 Å². The van der Waals surface area contributed by atoms with Gasteiger partial charge in [0.15, 0.2) is 0 Å². The Kier molecular flexibility index (Phi) is 8.76. The third-order valence-corrected chi connectivity index (χ3v) is 4.61. The first-order valence-electron chi connectivity index (χ1n) is 9.92. The number of methoxy groups -OCH3 is 1. The number of hydrogen-bond acceptors (Lipinski definition) is 4. The van der Waals surface area contributed by atoms with Crippen molar-refractivity contribution in [3.63, 3.8) is 0 Å². The Morgan fingerprint density at radius 3 is 2.69 bits per heavy atom. The van der Waals surface area contributed by atoms with Crippen LogP contribution in [0.1, 0.15) is 50.7 Å². The van der Waals surface area contributed by atoms with E-state index in [-0.39, 0.29) is 18.4 Å². The van der Waals surface area contributed by atoms with E-state index in [2.05, 4.69) is 10.3 Å². The van der Waals surface area contributed by atoms with Crippen LogP contribution < -0.4 is 10.1 Å². The van der Waals surface area contributed by atoms with Gasteiger partial charge in [-0.2, -0.15) is 13.2 Å². The lowest BCUT2D eigenvalue weighted by molar-refractivity contribution is -0.138. The summed E-state index contributed by atoms with van der Waals surface area (Å²) in [7, 11) is 1.52. The number of nitrogens with one attached hydrogen (secondary N) is 1. The normalized spacial score (nSPS) is 18.5. The van der Waals surface area contributed by atoms with Crippen LogP contribution in [0.4, 0.5) is 13.2 Å². The molecule has 4 nitrogen and oxygen atoms in total. The average molecular weight is 410 g/mol. The number of rotatable bonds is 8. The van der Waals surface area contributed by atoms with Crippen molar-refractivity contribution >= 4 is 11.6 Å². The van der Waals surface area contributed by atoms with E-state index in [1.807, 2.05) is 13.0 Å². The largest absolute Gasteiger partial charge is 0.489 e. The highest BCUT2D eigenvalue weighted by Gasteiger charge is 2.35. The molecule has 1 aromatic rings. The maximum atomic E-state index is 13.6. The van der Waals surface area contributed by atoms with Crippen LogP contribution in [-0.4, -0.2) is 32.2 Å². The lowest BCUT2D eigenvalue weighted by Crippen LogP contribution is -2.32. The second-order valence-electron chi connectivity index (χ2n) is 6.76. The summed E-state index contributed by atoms with van der Waals surface area (Å²) in [6, 6.07) is 4.01. The van der Waals surface area contributed by atoms with Crippen molar-refractivity contribution in [2.75, 3.05) is 20.3 Å². The van der Waals surface area contributed by atoms with Crippen LogP contribution >= 0.6 is 0 Å². The summed E-state index contributed by atoms with van der Waals surface area (Å²) in [5.41, 5.74) is -0.0249. The standard InChI is InChI=1S/C22H29F3N2O2/c1-4-6-7-8-14-29-20-12-11-16(15-17(20)22(23,24)25)18(5-2)27-21(28-3)19-10-9-13-26-19/h5,7-8,11-12,15,19,26H,4,6,9-10,13-14H2,1-3H3/b8-7+,18-5-,27-21-. The molecule has 1 aliphatic rings. The fraction of sp³-hybridized carbons (Fsp3) is 0.500. The summed E-state index contributed by atoms with van der Waals surface area (Å²) < 4.78 is 51.6. The number of halogens is 3. The molecule has 0 aromatic heterocycles. The van der Waals surface area contributed by atoms with Gasteiger partial charge in [-0.25, -0.2) is 4.99 Å². The lowest BCUT2D eigenvalue weighted by Gasteiger charge is -2.16. The van der Waals surface area contributed by atoms with E-state index in [4.69, 9.17) is 9.47 Å². The number of benzene rings is 1. The minimum absolute atomic E-state index is 0.0189. The highest BCUT2D eigenvalue weighted by atomic mass is 19.4. The number of ether oxygens (including phenoxy) is 2. The minimum Gasteiger partial charge on any atom is -0.489 e. The zero-order chi connectivity index (χ0) is 21.3. The first-order valence-corrected chi connectivity index (χ1v) is 9.92. The Bertz CT molecular complexity index is 749. The smallest absolute Gasteiger partial charge is 0.419 e. The molecule has 0 amide bonds. The molecular weight excluding hydrogens is 381 g/mol. The molecule has 0 radical (unpaired) electrons. The molecule has 1 saturated heterocycles. The monoisotopic (exact) mass is 410 g/mol. The zero-order valence-corrected chi connectivity index (χ0v) is 17.2. The highest BCUT2D eigenvalue weighted by Crippen LogP contribution is 2.38. The summed E-state index contributed by atoms with van der Waals surface area (Å²) >= 11 is 0. The van der Waals surface area contributed by atoms with Crippen molar-refractivity contribution in [3.05, 3.63) is 47.6 Å². The van der Waals surface area contributed by atoms with Gasteiger partial charge < -0.3 is 14.8 Å². The summed E-state index contributed by atoms with van der Waals surface area (Å²) in [6.45, 7) is 4.74. The molecule has 1 aliphatic heterocycles. The molecule has 160 valence electrons. The lowest BCUT2D eigenvalue weighted by atomic mass is 10.1. The van der Waals surface area contributed by atoms with Crippen LogP contribution in [0.25, 0.3) is 5.70 Å². The fourth-order valence-electron chi connectivity index (χ4n) is 3.10. The summed E-state index contributed by atoms with van der Waals surface area (Å²) in [5.74, 6) is 0.289. The van der Waals surface area contributed by atoms with E-state index in [9.17, 15) is 13.2 Å². The second-order valence-corrected chi connectivity index (χ2v) is 6.76. The first kappa shape index (κ1) is 23.0. The van der Waals surface area contributed by atoms with Gasteiger partial charge in [-0.05, 0) is 50.9 Å². The third-order valence-electron chi connectivity index (χ3n) is 4.61. The van der Waals surface area contributed by atoms with Crippen LogP contribution in [0.5, 0.6) is 5.75 Å². The minimum atomic E-state index is -4.53. The molecule has 0 bridgehead atoms. The number of unbranched alkanes of at least 4 members (excludes halogenated alkanes) is 1. The molecule has 1 atom stereocenters. The van der Waals surface area contributed by atoms with Crippen LogP contribution in [0.15, 0.2) is 41.4 Å². The molecule has 0 aliphatic carbocycles. The zero-order valence-electron chi connectivity index (χ0n) is 17.2. The van der Waals surface area contributed by atoms with E-state index in [0.29, 0.717) is 17.2 Å². The summed E-state index contributed by atoms with van der Waals surface area (Å²) in [6.07, 6.45) is 4.52. The molecule has 1 fully saturated rings. The molecule has 1 unspecified atom stereocenters. The number of allylic oxidation sites excluding steroid dienone is 2. The number of nitrogens with zero attached hydrogens (tertiary/aromatic N) is 1. The van der Waals surface area contributed by atoms with E-state index >= 15 is 0 Å². The van der Waals surface area contributed by atoms with E-state index in [0.717, 1.165) is 38.3 Å². The predicted molar refractivity (Wildman–Crippen MR) is 110 cm³/mol. The molecule has 29 heavy (non-hydrogen) atoms. The Morgan fingerprint density at radius 2 is 2.10 bits per heavy atom. The van der Waals surface area contributed by atoms with Gasteiger partial charge in [-0.3, -0.25) is 0 Å².